The highest BCUT2D eigenvalue weighted by atomic mass is 16.4. The summed E-state index contributed by atoms with van der Waals surface area (Å²) in [6.45, 7) is 1.74. The largest absolute Gasteiger partial charge is 0.505 e. The average Bonchev–Trinajstić information content (AvgIpc) is 2.64. The summed E-state index contributed by atoms with van der Waals surface area (Å²) < 4.78 is 4.96. The third-order valence-electron chi connectivity index (χ3n) is 1.88. The number of oxazole rings is 1. The van der Waals surface area contributed by atoms with E-state index in [9.17, 15) is 9.90 Å². The number of rotatable bonds is 2. The molecule has 0 spiro atoms. The van der Waals surface area contributed by atoms with Gasteiger partial charge in [-0.15, -0.1) is 0 Å². The second-order valence-corrected chi connectivity index (χ2v) is 3.14. The van der Waals surface area contributed by atoms with Crippen LogP contribution >= 0.6 is 0 Å². The van der Waals surface area contributed by atoms with Crippen LogP contribution in [0.1, 0.15) is 16.1 Å². The van der Waals surface area contributed by atoms with Gasteiger partial charge in [0.15, 0.2) is 0 Å². The van der Waals surface area contributed by atoms with Gasteiger partial charge in [-0.05, 0) is 13.0 Å². The number of amides is 1. The monoisotopic (exact) mass is 219 g/mol. The molecule has 1 amide bonds. The minimum atomic E-state index is -0.498. The van der Waals surface area contributed by atoms with E-state index >= 15 is 0 Å². The van der Waals surface area contributed by atoms with Gasteiger partial charge in [0.25, 0.3) is 5.91 Å². The Morgan fingerprint density at radius 1 is 1.56 bits per heavy atom. The molecule has 0 aliphatic carbocycles. The molecule has 2 aromatic rings. The molecule has 0 saturated carbocycles. The molecule has 6 nitrogen and oxygen atoms in total. The van der Waals surface area contributed by atoms with Crippen LogP contribution in [0.4, 0.5) is 6.01 Å². The number of carbonyl (C=O) groups is 1. The Kier molecular flexibility index (Phi) is 2.55. The predicted molar refractivity (Wildman–Crippen MR) is 55.1 cm³/mol. The minimum Gasteiger partial charge on any atom is -0.505 e. The van der Waals surface area contributed by atoms with E-state index in [0.717, 1.165) is 0 Å². The van der Waals surface area contributed by atoms with Crippen LogP contribution in [-0.2, 0) is 0 Å². The van der Waals surface area contributed by atoms with Gasteiger partial charge in [-0.25, -0.2) is 0 Å². The average molecular weight is 219 g/mol. The number of aromatic nitrogens is 2. The topological polar surface area (TPSA) is 88.2 Å². The Hall–Kier alpha value is -2.37. The van der Waals surface area contributed by atoms with Crippen molar-refractivity contribution in [3.63, 3.8) is 0 Å². The zero-order valence-corrected chi connectivity index (χ0v) is 8.47. The Morgan fingerprint density at radius 3 is 3.00 bits per heavy atom. The van der Waals surface area contributed by atoms with E-state index in [1.807, 2.05) is 0 Å². The van der Waals surface area contributed by atoms with E-state index in [0.29, 0.717) is 5.69 Å². The van der Waals surface area contributed by atoms with E-state index in [2.05, 4.69) is 15.3 Å². The number of aromatic hydroxyl groups is 1. The number of pyridine rings is 1. The second kappa shape index (κ2) is 4.01. The summed E-state index contributed by atoms with van der Waals surface area (Å²) in [5.41, 5.74) is 0.778. The highest BCUT2D eigenvalue weighted by Gasteiger charge is 2.13. The number of nitrogens with zero attached hydrogens (tertiary/aromatic N) is 2. The van der Waals surface area contributed by atoms with Crippen LogP contribution in [0, 0.1) is 6.92 Å². The van der Waals surface area contributed by atoms with Crippen molar-refractivity contribution in [1.29, 1.82) is 0 Å². The zero-order valence-electron chi connectivity index (χ0n) is 8.47. The van der Waals surface area contributed by atoms with Crippen LogP contribution in [0.5, 0.6) is 5.75 Å². The SMILES string of the molecule is Cc1coc(NC(=O)c2ccncc2O)n1. The number of carbonyl (C=O) groups excluding carboxylic acids is 1. The molecule has 6 heteroatoms. The van der Waals surface area contributed by atoms with Crippen molar-refractivity contribution in [2.24, 2.45) is 0 Å². The predicted octanol–water partition coefficient (Wildman–Crippen LogP) is 1.34. The lowest BCUT2D eigenvalue weighted by Gasteiger charge is -2.01. The molecule has 2 heterocycles. The second-order valence-electron chi connectivity index (χ2n) is 3.14. The first-order chi connectivity index (χ1) is 7.66. The Labute approximate surface area is 91.0 Å². The highest BCUT2D eigenvalue weighted by Crippen LogP contribution is 2.16. The van der Waals surface area contributed by atoms with Crippen LogP contribution in [0.3, 0.4) is 0 Å². The van der Waals surface area contributed by atoms with Gasteiger partial charge in [0, 0.05) is 6.20 Å². The van der Waals surface area contributed by atoms with Crippen molar-refractivity contribution in [1.82, 2.24) is 9.97 Å². The van der Waals surface area contributed by atoms with Crippen molar-refractivity contribution in [2.75, 3.05) is 5.32 Å². The molecule has 2 aromatic heterocycles. The maximum atomic E-state index is 11.6. The molecule has 2 N–H and O–H groups in total. The highest BCUT2D eigenvalue weighted by molar-refractivity contribution is 6.04. The van der Waals surface area contributed by atoms with E-state index < -0.39 is 5.91 Å². The molecule has 0 bridgehead atoms. The number of nitrogens with one attached hydrogen (secondary N) is 1. The molecular weight excluding hydrogens is 210 g/mol. The fourth-order valence-electron chi connectivity index (χ4n) is 1.15. The normalized spacial score (nSPS) is 10.1. The van der Waals surface area contributed by atoms with Crippen LogP contribution in [0.2, 0.25) is 0 Å². The number of hydrogen-bond acceptors (Lipinski definition) is 5. The molecule has 0 unspecified atom stereocenters. The maximum absolute atomic E-state index is 11.6. The first-order valence-electron chi connectivity index (χ1n) is 4.53. The smallest absolute Gasteiger partial charge is 0.301 e. The summed E-state index contributed by atoms with van der Waals surface area (Å²) in [5, 5.41) is 11.8. The Bertz CT molecular complexity index is 522. The summed E-state index contributed by atoms with van der Waals surface area (Å²) in [5.74, 6) is -0.690. The van der Waals surface area contributed by atoms with Crippen molar-refractivity contribution < 1.29 is 14.3 Å². The molecule has 0 atom stereocenters. The molecule has 16 heavy (non-hydrogen) atoms. The summed E-state index contributed by atoms with van der Waals surface area (Å²) in [7, 11) is 0. The van der Waals surface area contributed by atoms with Gasteiger partial charge in [0.2, 0.25) is 0 Å². The van der Waals surface area contributed by atoms with Crippen molar-refractivity contribution in [3.05, 3.63) is 36.0 Å². The summed E-state index contributed by atoms with van der Waals surface area (Å²) in [6, 6.07) is 1.50. The molecule has 82 valence electrons. The first-order valence-corrected chi connectivity index (χ1v) is 4.53. The molecule has 0 aliphatic heterocycles. The van der Waals surface area contributed by atoms with Gasteiger partial charge in [-0.3, -0.25) is 15.1 Å². The first kappa shape index (κ1) is 10.2. The van der Waals surface area contributed by atoms with Crippen molar-refractivity contribution in [3.8, 4) is 5.75 Å². The maximum Gasteiger partial charge on any atom is 0.301 e. The van der Waals surface area contributed by atoms with Gasteiger partial charge in [0.05, 0.1) is 17.5 Å². The fourth-order valence-corrected chi connectivity index (χ4v) is 1.15. The van der Waals surface area contributed by atoms with E-state index in [-0.39, 0.29) is 17.3 Å². The lowest BCUT2D eigenvalue weighted by Crippen LogP contribution is -2.12. The summed E-state index contributed by atoms with van der Waals surface area (Å²) in [6.07, 6.45) is 4.02. The lowest BCUT2D eigenvalue weighted by atomic mass is 10.2. The molecule has 0 radical (unpaired) electrons. The molecule has 0 fully saturated rings. The molecule has 0 saturated heterocycles. The van der Waals surface area contributed by atoms with Gasteiger partial charge >= 0.3 is 6.01 Å². The summed E-state index contributed by atoms with van der Waals surface area (Å²) >= 11 is 0. The van der Waals surface area contributed by atoms with E-state index in [4.69, 9.17) is 4.42 Å². The van der Waals surface area contributed by atoms with Crippen LogP contribution in [0.15, 0.2) is 29.1 Å². The third kappa shape index (κ3) is 2.00. The molecule has 0 aromatic carbocycles. The van der Waals surface area contributed by atoms with Gasteiger partial charge < -0.3 is 9.52 Å². The third-order valence-corrected chi connectivity index (χ3v) is 1.88. The van der Waals surface area contributed by atoms with Crippen LogP contribution in [-0.4, -0.2) is 21.0 Å². The molecular formula is C10H9N3O3. The van der Waals surface area contributed by atoms with Gasteiger partial charge in [0.1, 0.15) is 12.0 Å². The van der Waals surface area contributed by atoms with E-state index in [1.54, 1.807) is 6.92 Å². The quantitative estimate of drug-likeness (QED) is 0.795. The fraction of sp³-hybridized carbons (Fsp3) is 0.100. The van der Waals surface area contributed by atoms with Crippen molar-refractivity contribution >= 4 is 11.9 Å². The minimum absolute atomic E-state index is 0.0960. The Morgan fingerprint density at radius 2 is 2.38 bits per heavy atom. The lowest BCUT2D eigenvalue weighted by molar-refractivity contribution is 0.102. The standard InChI is InChI=1S/C10H9N3O3/c1-6-5-16-10(12-6)13-9(15)7-2-3-11-4-8(7)14/h2-5,14H,1H3,(H,12,13,15). The number of anilines is 1. The zero-order chi connectivity index (χ0) is 11.5. The summed E-state index contributed by atoms with van der Waals surface area (Å²) in [4.78, 5) is 19.2. The molecule has 2 rings (SSSR count). The number of aryl methyl sites for hydroxylation is 1. The van der Waals surface area contributed by atoms with Gasteiger partial charge in [-0.2, -0.15) is 4.98 Å². The molecule has 0 aliphatic rings. The van der Waals surface area contributed by atoms with Crippen LogP contribution in [0.25, 0.3) is 0 Å². The Balaban J connectivity index is 2.18. The van der Waals surface area contributed by atoms with Crippen molar-refractivity contribution in [2.45, 2.75) is 6.92 Å². The number of hydrogen-bond donors (Lipinski definition) is 2. The van der Waals surface area contributed by atoms with Crippen LogP contribution < -0.4 is 5.32 Å². The van der Waals surface area contributed by atoms with E-state index in [1.165, 1.54) is 24.7 Å². The van der Waals surface area contributed by atoms with Gasteiger partial charge in [-0.1, -0.05) is 0 Å².